The minimum absolute atomic E-state index is 0.0330. The normalized spacial score (nSPS) is 38.2. The highest BCUT2D eigenvalue weighted by atomic mass is 16.5. The molecule has 110 valence electrons. The number of aromatic nitrogens is 2. The van der Waals surface area contributed by atoms with Crippen LogP contribution in [0.5, 0.6) is 0 Å². The van der Waals surface area contributed by atoms with E-state index in [1.54, 1.807) is 0 Å². The van der Waals surface area contributed by atoms with Crippen molar-refractivity contribution >= 4 is 0 Å². The molecule has 0 saturated carbocycles. The van der Waals surface area contributed by atoms with Crippen molar-refractivity contribution in [3.63, 3.8) is 0 Å². The van der Waals surface area contributed by atoms with E-state index in [1.807, 2.05) is 0 Å². The standard InChI is InChI=1S/C13H20N4O3/c18-9-4-10(14-5-9)13-15-12(16-20-13)11-6-17-3-1-2-8(17)7-19-11/h8-11,14,18H,1-7H2/t8?,9-,10+,11?/m1/s1. The fraction of sp³-hybridized carbons (Fsp3) is 0.846. The average molecular weight is 280 g/mol. The third kappa shape index (κ3) is 2.24. The Hall–Kier alpha value is -1.02. The van der Waals surface area contributed by atoms with E-state index in [4.69, 9.17) is 9.26 Å². The second-order valence-corrected chi connectivity index (χ2v) is 5.95. The number of hydrogen-bond acceptors (Lipinski definition) is 7. The average Bonchev–Trinajstić information content (AvgIpc) is 3.17. The smallest absolute Gasteiger partial charge is 0.243 e. The SMILES string of the molecule is O[C@H]1CN[C@H](c2nc(C3CN4CCCC4CO3)no2)C1. The van der Waals surface area contributed by atoms with Crippen LogP contribution < -0.4 is 5.32 Å². The molecule has 0 amide bonds. The number of aliphatic hydroxyl groups is 1. The van der Waals surface area contributed by atoms with Crippen LogP contribution in [0.2, 0.25) is 0 Å². The Morgan fingerprint density at radius 1 is 1.40 bits per heavy atom. The second kappa shape index (κ2) is 5.07. The van der Waals surface area contributed by atoms with Crippen LogP contribution in [0.3, 0.4) is 0 Å². The van der Waals surface area contributed by atoms with Gasteiger partial charge in [0.1, 0.15) is 6.10 Å². The summed E-state index contributed by atoms with van der Waals surface area (Å²) in [5, 5.41) is 16.8. The Kier molecular flexibility index (Phi) is 3.22. The molecule has 0 radical (unpaired) electrons. The first-order valence-electron chi connectivity index (χ1n) is 7.40. The van der Waals surface area contributed by atoms with Gasteiger partial charge in [0.05, 0.1) is 18.8 Å². The summed E-state index contributed by atoms with van der Waals surface area (Å²) in [6, 6.07) is 0.540. The Balaban J connectivity index is 1.45. The van der Waals surface area contributed by atoms with Gasteiger partial charge in [-0.1, -0.05) is 5.16 Å². The predicted molar refractivity (Wildman–Crippen MR) is 69.0 cm³/mol. The van der Waals surface area contributed by atoms with E-state index in [-0.39, 0.29) is 18.2 Å². The molecule has 1 aromatic rings. The lowest BCUT2D eigenvalue weighted by atomic mass is 10.2. The Morgan fingerprint density at radius 2 is 2.35 bits per heavy atom. The number of hydrogen-bond donors (Lipinski definition) is 2. The summed E-state index contributed by atoms with van der Waals surface area (Å²) in [6.45, 7) is 3.34. The molecule has 4 heterocycles. The number of β-amino-alcohol motifs (C(OH)–C–C–N with tert-alkyl or cyclic N) is 1. The monoisotopic (exact) mass is 280 g/mol. The van der Waals surface area contributed by atoms with Gasteiger partial charge in [-0.05, 0) is 25.8 Å². The third-order valence-corrected chi connectivity index (χ3v) is 4.54. The van der Waals surface area contributed by atoms with Gasteiger partial charge in [0.2, 0.25) is 11.7 Å². The second-order valence-electron chi connectivity index (χ2n) is 5.95. The van der Waals surface area contributed by atoms with Gasteiger partial charge in [-0.15, -0.1) is 0 Å². The van der Waals surface area contributed by atoms with Crippen molar-refractivity contribution in [3.05, 3.63) is 11.7 Å². The molecule has 2 N–H and O–H groups in total. The Bertz CT molecular complexity index is 480. The van der Waals surface area contributed by atoms with Crippen LogP contribution in [-0.2, 0) is 4.74 Å². The maximum Gasteiger partial charge on any atom is 0.243 e. The van der Waals surface area contributed by atoms with Gasteiger partial charge in [-0.2, -0.15) is 4.98 Å². The lowest BCUT2D eigenvalue weighted by molar-refractivity contribution is -0.0548. The maximum absolute atomic E-state index is 9.54. The Morgan fingerprint density at radius 3 is 3.20 bits per heavy atom. The lowest BCUT2D eigenvalue weighted by Crippen LogP contribution is -2.42. The number of ether oxygens (including phenoxy) is 1. The molecule has 0 aromatic carbocycles. The summed E-state index contributed by atoms with van der Waals surface area (Å²) in [7, 11) is 0. The third-order valence-electron chi connectivity index (χ3n) is 4.54. The van der Waals surface area contributed by atoms with E-state index in [9.17, 15) is 5.11 Å². The van der Waals surface area contributed by atoms with Gasteiger partial charge in [-0.25, -0.2) is 0 Å². The lowest BCUT2D eigenvalue weighted by Gasteiger charge is -2.33. The molecule has 4 atom stereocenters. The molecule has 7 heteroatoms. The highest BCUT2D eigenvalue weighted by Gasteiger charge is 2.36. The molecular weight excluding hydrogens is 260 g/mol. The number of morpholine rings is 1. The topological polar surface area (TPSA) is 83.7 Å². The van der Waals surface area contributed by atoms with Crippen molar-refractivity contribution in [2.45, 2.75) is 43.6 Å². The van der Waals surface area contributed by atoms with Gasteiger partial charge in [-0.3, -0.25) is 4.90 Å². The van der Waals surface area contributed by atoms with Crippen LogP contribution in [0.1, 0.15) is 43.1 Å². The minimum atomic E-state index is -0.327. The highest BCUT2D eigenvalue weighted by Crippen LogP contribution is 2.30. The van der Waals surface area contributed by atoms with Crippen LogP contribution in [0.15, 0.2) is 4.52 Å². The van der Waals surface area contributed by atoms with Crippen LogP contribution >= 0.6 is 0 Å². The first-order chi connectivity index (χ1) is 9.79. The number of nitrogens with zero attached hydrogens (tertiary/aromatic N) is 3. The first kappa shape index (κ1) is 12.7. The quantitative estimate of drug-likeness (QED) is 0.789. The molecule has 4 rings (SSSR count). The van der Waals surface area contributed by atoms with Crippen LogP contribution in [-0.4, -0.2) is 58.5 Å². The molecule has 7 nitrogen and oxygen atoms in total. The molecule has 0 bridgehead atoms. The van der Waals surface area contributed by atoms with E-state index in [0.29, 0.717) is 30.7 Å². The van der Waals surface area contributed by atoms with Crippen molar-refractivity contribution < 1.29 is 14.4 Å². The van der Waals surface area contributed by atoms with Crippen molar-refractivity contribution in [1.82, 2.24) is 20.4 Å². The zero-order chi connectivity index (χ0) is 13.5. The molecule has 3 saturated heterocycles. The summed E-state index contributed by atoms with van der Waals surface area (Å²) < 4.78 is 11.2. The first-order valence-corrected chi connectivity index (χ1v) is 7.40. The summed E-state index contributed by atoms with van der Waals surface area (Å²) in [4.78, 5) is 6.92. The summed E-state index contributed by atoms with van der Waals surface area (Å²) in [6.07, 6.45) is 2.69. The Labute approximate surface area is 117 Å². The zero-order valence-electron chi connectivity index (χ0n) is 11.4. The van der Waals surface area contributed by atoms with E-state index in [0.717, 1.165) is 19.7 Å². The summed E-state index contributed by atoms with van der Waals surface area (Å²) in [5.41, 5.74) is 0. The molecule has 2 unspecified atom stereocenters. The number of nitrogens with one attached hydrogen (secondary N) is 1. The fourth-order valence-electron chi connectivity index (χ4n) is 3.40. The van der Waals surface area contributed by atoms with Gasteiger partial charge in [0.25, 0.3) is 0 Å². The predicted octanol–water partition coefficient (Wildman–Crippen LogP) is 0.000600. The number of rotatable bonds is 2. The van der Waals surface area contributed by atoms with Gasteiger partial charge < -0.3 is 19.7 Å². The largest absolute Gasteiger partial charge is 0.392 e. The van der Waals surface area contributed by atoms with E-state index < -0.39 is 0 Å². The molecule has 3 fully saturated rings. The van der Waals surface area contributed by atoms with Gasteiger partial charge in [0, 0.05) is 19.1 Å². The van der Waals surface area contributed by atoms with E-state index in [2.05, 4.69) is 20.4 Å². The molecule has 3 aliphatic rings. The van der Waals surface area contributed by atoms with Crippen LogP contribution in [0, 0.1) is 0 Å². The maximum atomic E-state index is 9.54. The van der Waals surface area contributed by atoms with Gasteiger partial charge >= 0.3 is 0 Å². The molecule has 0 spiro atoms. The van der Waals surface area contributed by atoms with E-state index >= 15 is 0 Å². The van der Waals surface area contributed by atoms with E-state index in [1.165, 1.54) is 12.8 Å². The summed E-state index contributed by atoms with van der Waals surface area (Å²) in [5.74, 6) is 1.19. The van der Waals surface area contributed by atoms with Crippen molar-refractivity contribution in [1.29, 1.82) is 0 Å². The van der Waals surface area contributed by atoms with Crippen LogP contribution in [0.25, 0.3) is 0 Å². The van der Waals surface area contributed by atoms with Crippen molar-refractivity contribution in [2.75, 3.05) is 26.2 Å². The highest BCUT2D eigenvalue weighted by molar-refractivity contribution is 5.01. The fourth-order valence-corrected chi connectivity index (χ4v) is 3.40. The van der Waals surface area contributed by atoms with Gasteiger partial charge in [0.15, 0.2) is 0 Å². The molecule has 20 heavy (non-hydrogen) atoms. The summed E-state index contributed by atoms with van der Waals surface area (Å²) >= 11 is 0. The molecular formula is C13H20N4O3. The molecule has 1 aromatic heterocycles. The van der Waals surface area contributed by atoms with Crippen molar-refractivity contribution in [3.8, 4) is 0 Å². The molecule has 3 aliphatic heterocycles. The minimum Gasteiger partial charge on any atom is -0.392 e. The molecule has 0 aliphatic carbocycles. The number of aliphatic hydroxyl groups excluding tert-OH is 1. The zero-order valence-corrected chi connectivity index (χ0v) is 11.4. The van der Waals surface area contributed by atoms with Crippen molar-refractivity contribution in [2.24, 2.45) is 0 Å². The van der Waals surface area contributed by atoms with Crippen LogP contribution in [0.4, 0.5) is 0 Å². The number of fused-ring (bicyclic) bond motifs is 1.